The maximum atomic E-state index is 11.4. The molecule has 1 aliphatic rings. The molecule has 0 atom stereocenters. The Bertz CT molecular complexity index is 351. The van der Waals surface area contributed by atoms with Crippen LogP contribution in [-0.4, -0.2) is 48.2 Å². The van der Waals surface area contributed by atoms with Gasteiger partial charge in [0.1, 0.15) is 0 Å². The van der Waals surface area contributed by atoms with E-state index in [9.17, 15) is 19.2 Å². The first kappa shape index (κ1) is 14.1. The number of amides is 4. The fraction of sp³-hybridized carbons (Fsp3) is 0.636. The number of nitrogens with zero attached hydrogens (tertiary/aromatic N) is 1. The van der Waals surface area contributed by atoms with E-state index in [-0.39, 0.29) is 56.0 Å². The zero-order valence-electron chi connectivity index (χ0n) is 10.3. The van der Waals surface area contributed by atoms with Crippen LogP contribution in [0.4, 0.5) is 0 Å². The molecule has 0 bridgehead atoms. The lowest BCUT2D eigenvalue weighted by atomic mass is 10.3. The molecule has 18 heavy (non-hydrogen) atoms. The van der Waals surface area contributed by atoms with Gasteiger partial charge in [-0.05, 0) is 6.92 Å². The number of likely N-dealkylation sites (N-methyl/N-ethyl adjacent to an activating group) is 1. The van der Waals surface area contributed by atoms with Crippen LogP contribution in [0.3, 0.4) is 0 Å². The van der Waals surface area contributed by atoms with Crippen LogP contribution in [0, 0.1) is 0 Å². The van der Waals surface area contributed by atoms with E-state index >= 15 is 0 Å². The number of carbonyl (C=O) groups excluding carboxylic acids is 4. The summed E-state index contributed by atoms with van der Waals surface area (Å²) in [5.41, 5.74) is 0. The van der Waals surface area contributed by atoms with Gasteiger partial charge in [-0.3, -0.25) is 24.1 Å². The molecule has 0 aromatic heterocycles. The predicted molar refractivity (Wildman–Crippen MR) is 62.3 cm³/mol. The lowest BCUT2D eigenvalue weighted by Crippen LogP contribution is -2.39. The smallest absolute Gasteiger partial charge is 0.239 e. The highest BCUT2D eigenvalue weighted by Crippen LogP contribution is 2.11. The van der Waals surface area contributed by atoms with Gasteiger partial charge in [-0.1, -0.05) is 0 Å². The zero-order valence-corrected chi connectivity index (χ0v) is 10.3. The van der Waals surface area contributed by atoms with Gasteiger partial charge in [0.25, 0.3) is 0 Å². The first-order valence-electron chi connectivity index (χ1n) is 5.91. The number of imide groups is 1. The van der Waals surface area contributed by atoms with Crippen molar-refractivity contribution in [2.45, 2.75) is 26.2 Å². The Morgan fingerprint density at radius 2 is 1.72 bits per heavy atom. The molecule has 2 N–H and O–H groups in total. The van der Waals surface area contributed by atoms with Gasteiger partial charge in [0.05, 0.1) is 6.54 Å². The van der Waals surface area contributed by atoms with Crippen LogP contribution in [0.15, 0.2) is 0 Å². The van der Waals surface area contributed by atoms with Crippen molar-refractivity contribution in [1.82, 2.24) is 15.5 Å². The largest absolute Gasteiger partial charge is 0.355 e. The van der Waals surface area contributed by atoms with E-state index in [4.69, 9.17) is 0 Å². The van der Waals surface area contributed by atoms with Crippen LogP contribution in [0.5, 0.6) is 0 Å². The van der Waals surface area contributed by atoms with Crippen LogP contribution in [0.25, 0.3) is 0 Å². The molecule has 0 saturated carbocycles. The van der Waals surface area contributed by atoms with E-state index in [1.54, 1.807) is 6.92 Å². The lowest BCUT2D eigenvalue weighted by Gasteiger charge is -2.13. The Morgan fingerprint density at radius 1 is 1.11 bits per heavy atom. The molecule has 1 heterocycles. The topological polar surface area (TPSA) is 95.6 Å². The summed E-state index contributed by atoms with van der Waals surface area (Å²) in [7, 11) is 0. The molecule has 1 rings (SSSR count). The van der Waals surface area contributed by atoms with Gasteiger partial charge in [0.15, 0.2) is 0 Å². The molecule has 0 aromatic rings. The van der Waals surface area contributed by atoms with Gasteiger partial charge in [0, 0.05) is 32.4 Å². The Morgan fingerprint density at radius 3 is 2.28 bits per heavy atom. The van der Waals surface area contributed by atoms with E-state index in [2.05, 4.69) is 10.6 Å². The molecule has 7 nitrogen and oxygen atoms in total. The summed E-state index contributed by atoms with van der Waals surface area (Å²) in [4.78, 5) is 46.1. The van der Waals surface area contributed by atoms with E-state index < -0.39 is 0 Å². The lowest BCUT2D eigenvalue weighted by molar-refractivity contribution is -0.138. The van der Waals surface area contributed by atoms with Crippen LogP contribution in [0.2, 0.25) is 0 Å². The highest BCUT2D eigenvalue weighted by molar-refractivity contribution is 6.02. The molecule has 0 aromatic carbocycles. The van der Waals surface area contributed by atoms with Crippen molar-refractivity contribution in [1.29, 1.82) is 0 Å². The molecule has 0 spiro atoms. The number of carbonyl (C=O) groups is 4. The standard InChI is InChI=1S/C11H17N3O4/c1-2-12-9(16)7-13-8(15)5-6-14-10(17)3-4-11(14)18/h2-7H2,1H3,(H,12,16)(H,13,15). The summed E-state index contributed by atoms with van der Waals surface area (Å²) in [6.45, 7) is 2.28. The van der Waals surface area contributed by atoms with E-state index in [1.165, 1.54) is 0 Å². The van der Waals surface area contributed by atoms with Gasteiger partial charge >= 0.3 is 0 Å². The first-order chi connectivity index (χ1) is 8.54. The van der Waals surface area contributed by atoms with Gasteiger partial charge in [-0.25, -0.2) is 0 Å². The second-order valence-electron chi connectivity index (χ2n) is 3.92. The molecule has 1 saturated heterocycles. The molecular weight excluding hydrogens is 238 g/mol. The minimum absolute atomic E-state index is 0.0247. The number of hydrogen-bond donors (Lipinski definition) is 2. The molecule has 1 aliphatic heterocycles. The third-order valence-corrected chi connectivity index (χ3v) is 2.54. The normalized spacial score (nSPS) is 14.8. The van der Waals surface area contributed by atoms with Crippen molar-refractivity contribution >= 4 is 23.6 Å². The second kappa shape index (κ2) is 6.73. The van der Waals surface area contributed by atoms with E-state index in [0.29, 0.717) is 6.54 Å². The molecule has 0 aliphatic carbocycles. The predicted octanol–water partition coefficient (Wildman–Crippen LogP) is -1.22. The summed E-state index contributed by atoms with van der Waals surface area (Å²) in [6, 6.07) is 0. The number of rotatable bonds is 6. The summed E-state index contributed by atoms with van der Waals surface area (Å²) in [5, 5.41) is 4.96. The van der Waals surface area contributed by atoms with Crippen LogP contribution in [-0.2, 0) is 19.2 Å². The molecule has 0 unspecified atom stereocenters. The first-order valence-corrected chi connectivity index (χ1v) is 5.91. The maximum absolute atomic E-state index is 11.4. The summed E-state index contributed by atoms with van der Waals surface area (Å²) < 4.78 is 0. The van der Waals surface area contributed by atoms with Crippen molar-refractivity contribution < 1.29 is 19.2 Å². The van der Waals surface area contributed by atoms with Crippen LogP contribution < -0.4 is 10.6 Å². The Hall–Kier alpha value is -1.92. The minimum atomic E-state index is -0.353. The van der Waals surface area contributed by atoms with Crippen molar-refractivity contribution in [3.8, 4) is 0 Å². The summed E-state index contributed by atoms with van der Waals surface area (Å²) in [5.74, 6) is -1.10. The highest BCUT2D eigenvalue weighted by atomic mass is 16.2. The molecule has 0 radical (unpaired) electrons. The van der Waals surface area contributed by atoms with Gasteiger partial charge in [0.2, 0.25) is 23.6 Å². The van der Waals surface area contributed by atoms with Gasteiger partial charge in [-0.2, -0.15) is 0 Å². The van der Waals surface area contributed by atoms with Gasteiger partial charge < -0.3 is 10.6 Å². The molecular formula is C11H17N3O4. The van der Waals surface area contributed by atoms with Crippen molar-refractivity contribution in [2.75, 3.05) is 19.6 Å². The fourth-order valence-corrected chi connectivity index (χ4v) is 1.61. The zero-order chi connectivity index (χ0) is 13.5. The molecule has 7 heteroatoms. The minimum Gasteiger partial charge on any atom is -0.355 e. The average Bonchev–Trinajstić information content (AvgIpc) is 2.64. The Kier molecular flexibility index (Phi) is 5.29. The average molecular weight is 255 g/mol. The Labute approximate surface area is 105 Å². The Balaban J connectivity index is 2.23. The molecule has 1 fully saturated rings. The third-order valence-electron chi connectivity index (χ3n) is 2.54. The maximum Gasteiger partial charge on any atom is 0.239 e. The quantitative estimate of drug-likeness (QED) is 0.581. The van der Waals surface area contributed by atoms with Crippen LogP contribution in [0.1, 0.15) is 26.2 Å². The molecule has 4 amide bonds. The highest BCUT2D eigenvalue weighted by Gasteiger charge is 2.28. The van der Waals surface area contributed by atoms with E-state index in [0.717, 1.165) is 4.90 Å². The second-order valence-corrected chi connectivity index (χ2v) is 3.92. The summed E-state index contributed by atoms with van der Waals surface area (Å²) >= 11 is 0. The third kappa shape index (κ3) is 4.15. The van der Waals surface area contributed by atoms with Gasteiger partial charge in [-0.15, -0.1) is 0 Å². The number of hydrogen-bond acceptors (Lipinski definition) is 4. The van der Waals surface area contributed by atoms with E-state index in [1.807, 2.05) is 0 Å². The molecule has 100 valence electrons. The number of nitrogens with one attached hydrogen (secondary N) is 2. The fourth-order valence-electron chi connectivity index (χ4n) is 1.61. The van der Waals surface area contributed by atoms with Crippen LogP contribution >= 0.6 is 0 Å². The van der Waals surface area contributed by atoms with Crippen molar-refractivity contribution in [3.05, 3.63) is 0 Å². The summed E-state index contributed by atoms with van der Waals surface area (Å²) in [6.07, 6.45) is 0.468. The number of likely N-dealkylation sites (tertiary alicyclic amines) is 1. The van der Waals surface area contributed by atoms with Crippen molar-refractivity contribution in [2.24, 2.45) is 0 Å². The SMILES string of the molecule is CCNC(=O)CNC(=O)CCN1C(=O)CCC1=O. The monoisotopic (exact) mass is 255 g/mol. The van der Waals surface area contributed by atoms with Crippen molar-refractivity contribution in [3.63, 3.8) is 0 Å².